The first kappa shape index (κ1) is 11.0. The average molecular weight is 213 g/mol. The van der Waals surface area contributed by atoms with Crippen LogP contribution < -0.4 is 5.73 Å². The highest BCUT2D eigenvalue weighted by Gasteiger charge is 2.16. The average Bonchev–Trinajstić information content (AvgIpc) is 2.13. The number of nitrogens with two attached hydrogens (primary N) is 1. The molecule has 2 nitrogen and oxygen atoms in total. The maximum Gasteiger partial charge on any atom is 0.132 e. The third kappa shape index (κ3) is 2.03. The van der Waals surface area contributed by atoms with E-state index in [2.05, 4.69) is 0 Å². The summed E-state index contributed by atoms with van der Waals surface area (Å²) in [6, 6.07) is 4.40. The van der Waals surface area contributed by atoms with E-state index < -0.39 is 11.9 Å². The van der Waals surface area contributed by atoms with Crippen LogP contribution in [0.15, 0.2) is 12.1 Å². The van der Waals surface area contributed by atoms with Crippen LogP contribution in [0.25, 0.3) is 0 Å². The lowest BCUT2D eigenvalue weighted by atomic mass is 10.0. The zero-order valence-corrected chi connectivity index (χ0v) is 8.48. The Kier molecular flexibility index (Phi) is 3.45. The lowest BCUT2D eigenvalue weighted by molar-refractivity contribution is 0.577. The molecule has 0 radical (unpaired) electrons. The number of hydrogen-bond acceptors (Lipinski definition) is 2. The van der Waals surface area contributed by atoms with E-state index in [0.29, 0.717) is 5.56 Å². The van der Waals surface area contributed by atoms with Gasteiger partial charge in [-0.3, -0.25) is 0 Å². The Morgan fingerprint density at radius 2 is 2.29 bits per heavy atom. The van der Waals surface area contributed by atoms with Crippen LogP contribution in [0, 0.1) is 24.1 Å². The first-order valence-corrected chi connectivity index (χ1v) is 4.52. The third-order valence-electron chi connectivity index (χ3n) is 2.00. The van der Waals surface area contributed by atoms with Gasteiger partial charge in [-0.25, -0.2) is 4.39 Å². The first-order chi connectivity index (χ1) is 6.57. The number of rotatable bonds is 2. The minimum atomic E-state index is -0.660. The van der Waals surface area contributed by atoms with E-state index in [1.54, 1.807) is 19.1 Å². The van der Waals surface area contributed by atoms with E-state index in [0.717, 1.165) is 0 Å². The van der Waals surface area contributed by atoms with Gasteiger partial charge in [0.25, 0.3) is 0 Å². The molecule has 0 unspecified atom stereocenters. The van der Waals surface area contributed by atoms with E-state index >= 15 is 0 Å². The standard InChI is InChI=1S/C10H10ClFN2/c1-6-2-3-7(11)9(10(6)12)8(14)4-5-13/h2-3,8H,4,14H2,1H3/t8-/m1/s1. The van der Waals surface area contributed by atoms with Crippen LogP contribution in [0.3, 0.4) is 0 Å². The summed E-state index contributed by atoms with van der Waals surface area (Å²) in [5.74, 6) is -0.416. The van der Waals surface area contributed by atoms with Gasteiger partial charge in [0.2, 0.25) is 0 Å². The molecule has 0 aliphatic heterocycles. The molecule has 1 rings (SSSR count). The van der Waals surface area contributed by atoms with Crippen LogP contribution in [0.2, 0.25) is 5.02 Å². The highest BCUT2D eigenvalue weighted by atomic mass is 35.5. The summed E-state index contributed by atoms with van der Waals surface area (Å²) < 4.78 is 13.6. The Bertz CT molecular complexity index is 384. The number of aryl methyl sites for hydroxylation is 1. The van der Waals surface area contributed by atoms with E-state index in [9.17, 15) is 4.39 Å². The molecule has 4 heteroatoms. The molecule has 0 aliphatic carbocycles. The van der Waals surface area contributed by atoms with Gasteiger partial charge in [-0.05, 0) is 18.6 Å². The number of nitrogens with zero attached hydrogens (tertiary/aromatic N) is 1. The van der Waals surface area contributed by atoms with Crippen molar-refractivity contribution in [2.24, 2.45) is 5.73 Å². The molecule has 1 aromatic rings. The highest BCUT2D eigenvalue weighted by Crippen LogP contribution is 2.28. The highest BCUT2D eigenvalue weighted by molar-refractivity contribution is 6.31. The van der Waals surface area contributed by atoms with E-state index in [-0.39, 0.29) is 17.0 Å². The molecule has 0 aromatic heterocycles. The number of nitriles is 1. The fourth-order valence-corrected chi connectivity index (χ4v) is 1.50. The molecule has 0 aliphatic rings. The van der Waals surface area contributed by atoms with Gasteiger partial charge in [-0.1, -0.05) is 17.7 Å². The summed E-state index contributed by atoms with van der Waals surface area (Å²) in [6.07, 6.45) is 0.0556. The molecule has 0 spiro atoms. The van der Waals surface area contributed by atoms with Crippen molar-refractivity contribution in [1.82, 2.24) is 0 Å². The molecule has 2 N–H and O–H groups in total. The molecule has 0 bridgehead atoms. The molecular weight excluding hydrogens is 203 g/mol. The zero-order chi connectivity index (χ0) is 10.7. The largest absolute Gasteiger partial charge is 0.323 e. The van der Waals surface area contributed by atoms with Gasteiger partial charge in [0, 0.05) is 16.6 Å². The maximum absolute atomic E-state index is 13.6. The predicted octanol–water partition coefficient (Wildman–Crippen LogP) is 2.70. The van der Waals surface area contributed by atoms with Gasteiger partial charge in [0.1, 0.15) is 5.82 Å². The van der Waals surface area contributed by atoms with Crippen molar-refractivity contribution in [1.29, 1.82) is 5.26 Å². The molecule has 74 valence electrons. The fourth-order valence-electron chi connectivity index (χ4n) is 1.22. The number of benzene rings is 1. The van der Waals surface area contributed by atoms with Gasteiger partial charge in [-0.15, -0.1) is 0 Å². The third-order valence-corrected chi connectivity index (χ3v) is 2.33. The minimum Gasteiger partial charge on any atom is -0.323 e. The van der Waals surface area contributed by atoms with Crippen LogP contribution in [0.1, 0.15) is 23.6 Å². The Morgan fingerprint density at radius 1 is 1.64 bits per heavy atom. The van der Waals surface area contributed by atoms with Crippen molar-refractivity contribution in [3.05, 3.63) is 34.1 Å². The Balaban J connectivity index is 3.19. The lowest BCUT2D eigenvalue weighted by Crippen LogP contribution is -2.12. The molecule has 0 heterocycles. The molecule has 1 atom stereocenters. The Labute approximate surface area is 87.1 Å². The van der Waals surface area contributed by atoms with Crippen molar-refractivity contribution in [2.75, 3.05) is 0 Å². The molecule has 0 saturated heterocycles. The number of hydrogen-bond donors (Lipinski definition) is 1. The summed E-state index contributed by atoms with van der Waals surface area (Å²) in [7, 11) is 0. The monoisotopic (exact) mass is 212 g/mol. The summed E-state index contributed by atoms with van der Waals surface area (Å²) in [4.78, 5) is 0. The van der Waals surface area contributed by atoms with Crippen LogP contribution in [0.5, 0.6) is 0 Å². The van der Waals surface area contributed by atoms with Gasteiger partial charge in [0.15, 0.2) is 0 Å². The molecule has 14 heavy (non-hydrogen) atoms. The summed E-state index contributed by atoms with van der Waals surface area (Å²) in [5.41, 5.74) is 6.34. The SMILES string of the molecule is Cc1ccc(Cl)c([C@H](N)CC#N)c1F. The second-order valence-corrected chi connectivity index (χ2v) is 3.47. The fraction of sp³-hybridized carbons (Fsp3) is 0.300. The van der Waals surface area contributed by atoms with Crippen molar-refractivity contribution in [3.63, 3.8) is 0 Å². The van der Waals surface area contributed by atoms with Crippen molar-refractivity contribution >= 4 is 11.6 Å². The summed E-state index contributed by atoms with van der Waals surface area (Å²) in [5, 5.41) is 8.73. The summed E-state index contributed by atoms with van der Waals surface area (Å²) in [6.45, 7) is 1.63. The van der Waals surface area contributed by atoms with Gasteiger partial charge >= 0.3 is 0 Å². The second kappa shape index (κ2) is 4.41. The van der Waals surface area contributed by atoms with Crippen molar-refractivity contribution in [2.45, 2.75) is 19.4 Å². The Morgan fingerprint density at radius 3 is 2.86 bits per heavy atom. The van der Waals surface area contributed by atoms with E-state index in [1.165, 1.54) is 0 Å². The molecular formula is C10H10ClFN2. The quantitative estimate of drug-likeness (QED) is 0.820. The maximum atomic E-state index is 13.6. The smallest absolute Gasteiger partial charge is 0.132 e. The molecule has 1 aromatic carbocycles. The minimum absolute atomic E-state index is 0.0556. The topological polar surface area (TPSA) is 49.8 Å². The normalized spacial score (nSPS) is 12.2. The molecule has 0 amide bonds. The van der Waals surface area contributed by atoms with Crippen molar-refractivity contribution in [3.8, 4) is 6.07 Å². The zero-order valence-electron chi connectivity index (χ0n) is 7.72. The van der Waals surface area contributed by atoms with Gasteiger partial charge < -0.3 is 5.73 Å². The van der Waals surface area contributed by atoms with E-state index in [4.69, 9.17) is 22.6 Å². The van der Waals surface area contributed by atoms with E-state index in [1.807, 2.05) is 6.07 Å². The van der Waals surface area contributed by atoms with Crippen LogP contribution in [-0.4, -0.2) is 0 Å². The van der Waals surface area contributed by atoms with Crippen molar-refractivity contribution < 1.29 is 4.39 Å². The molecule has 0 fully saturated rings. The van der Waals surface area contributed by atoms with Gasteiger partial charge in [0.05, 0.1) is 12.5 Å². The summed E-state index contributed by atoms with van der Waals surface area (Å²) >= 11 is 5.80. The molecule has 0 saturated carbocycles. The second-order valence-electron chi connectivity index (χ2n) is 3.06. The first-order valence-electron chi connectivity index (χ1n) is 4.15. The Hall–Kier alpha value is -1.11. The van der Waals surface area contributed by atoms with Crippen LogP contribution >= 0.6 is 11.6 Å². The van der Waals surface area contributed by atoms with Crippen LogP contribution in [0.4, 0.5) is 4.39 Å². The predicted molar refractivity (Wildman–Crippen MR) is 53.3 cm³/mol. The lowest BCUT2D eigenvalue weighted by Gasteiger charge is -2.12. The van der Waals surface area contributed by atoms with Gasteiger partial charge in [-0.2, -0.15) is 5.26 Å². The van der Waals surface area contributed by atoms with Crippen LogP contribution in [-0.2, 0) is 0 Å². The number of halogens is 2.